The quantitative estimate of drug-likeness (QED) is 0.144. The van der Waals surface area contributed by atoms with Gasteiger partial charge in [0.1, 0.15) is 0 Å². The molecule has 0 amide bonds. The smallest absolute Gasteiger partial charge is 0.00264 e. The summed E-state index contributed by atoms with van der Waals surface area (Å²) in [7, 11) is 0. The van der Waals surface area contributed by atoms with E-state index in [1.54, 1.807) is 0 Å². The minimum absolute atomic E-state index is 1.05. The molecule has 8 aromatic carbocycles. The molecule has 246 valence electrons. The molecule has 0 fully saturated rings. The fourth-order valence-corrected chi connectivity index (χ4v) is 7.92. The first-order valence-corrected chi connectivity index (χ1v) is 17.7. The highest BCUT2D eigenvalue weighted by Crippen LogP contribution is 2.47. The summed E-state index contributed by atoms with van der Waals surface area (Å²) in [5.74, 6) is 0. The van der Waals surface area contributed by atoms with Crippen molar-refractivity contribution < 1.29 is 0 Å². The maximum atomic E-state index is 4.37. The van der Waals surface area contributed by atoms with Gasteiger partial charge in [-0.15, -0.1) is 0 Å². The van der Waals surface area contributed by atoms with Gasteiger partial charge in [-0.3, -0.25) is 0 Å². The highest BCUT2D eigenvalue weighted by molar-refractivity contribution is 6.12. The maximum absolute atomic E-state index is 4.37. The third-order valence-corrected chi connectivity index (χ3v) is 10.2. The Hall–Kier alpha value is -6.76. The number of benzene rings is 8. The number of rotatable bonds is 9. The Morgan fingerprint density at radius 1 is 0.308 bits per heavy atom. The lowest BCUT2D eigenvalue weighted by atomic mass is 9.81. The van der Waals surface area contributed by atoms with Gasteiger partial charge in [-0.2, -0.15) is 0 Å². The molecule has 0 radical (unpaired) electrons. The molecule has 0 bridgehead atoms. The molecule has 0 aliphatic carbocycles. The molecule has 0 aliphatic heterocycles. The molecular formula is C52H38. The van der Waals surface area contributed by atoms with Crippen molar-refractivity contribution in [3.63, 3.8) is 0 Å². The van der Waals surface area contributed by atoms with Crippen molar-refractivity contribution in [2.45, 2.75) is 0 Å². The van der Waals surface area contributed by atoms with Gasteiger partial charge >= 0.3 is 0 Å². The third-order valence-electron chi connectivity index (χ3n) is 10.2. The lowest BCUT2D eigenvalue weighted by Crippen LogP contribution is -1.97. The summed E-state index contributed by atoms with van der Waals surface area (Å²) >= 11 is 0. The van der Waals surface area contributed by atoms with Crippen molar-refractivity contribution in [2.75, 3.05) is 0 Å². The lowest BCUT2D eigenvalue weighted by Gasteiger charge is -2.22. The van der Waals surface area contributed by atoms with E-state index in [2.05, 4.69) is 184 Å². The Balaban J connectivity index is 1.48. The summed E-state index contributed by atoms with van der Waals surface area (Å²) in [6.45, 7) is 17.0. The van der Waals surface area contributed by atoms with Crippen LogP contribution in [0.2, 0.25) is 0 Å². The van der Waals surface area contributed by atoms with Crippen LogP contribution in [0, 0.1) is 0 Å². The van der Waals surface area contributed by atoms with E-state index < -0.39 is 0 Å². The summed E-state index contributed by atoms with van der Waals surface area (Å²) in [6.07, 6.45) is 7.83. The fourth-order valence-electron chi connectivity index (χ4n) is 7.92. The van der Waals surface area contributed by atoms with Crippen molar-refractivity contribution >= 4 is 45.8 Å². The standard InChI is InChI=1S/C52H38/c1-5-35-23-18-30-43(39(35)6-2)47-33-32-38(34-50(47)46-27-15-14-26-45(46)44-31-19-24-36-20-12-13-25-42(36)44)52-41(8-4)40(7-3)51(37-21-10-9-11-22-37)48-28-16-17-29-49(48)52/h5-34H,1-4H2. The molecule has 0 heteroatoms. The van der Waals surface area contributed by atoms with Gasteiger partial charge in [-0.1, -0.05) is 202 Å². The van der Waals surface area contributed by atoms with Crippen molar-refractivity contribution in [2.24, 2.45) is 0 Å². The van der Waals surface area contributed by atoms with Crippen LogP contribution in [0.5, 0.6) is 0 Å². The summed E-state index contributed by atoms with van der Waals surface area (Å²) in [5.41, 5.74) is 15.7. The molecule has 0 nitrogen and oxygen atoms in total. The van der Waals surface area contributed by atoms with Crippen molar-refractivity contribution in [3.8, 4) is 55.6 Å². The number of hydrogen-bond acceptors (Lipinski definition) is 0. The van der Waals surface area contributed by atoms with Gasteiger partial charge in [-0.25, -0.2) is 0 Å². The topological polar surface area (TPSA) is 0 Å². The predicted octanol–water partition coefficient (Wildman–Crippen LogP) is 14.9. The third kappa shape index (κ3) is 5.43. The van der Waals surface area contributed by atoms with Crippen LogP contribution in [0.3, 0.4) is 0 Å². The lowest BCUT2D eigenvalue weighted by molar-refractivity contribution is 1.53. The first kappa shape index (κ1) is 32.4. The average molecular weight is 663 g/mol. The van der Waals surface area contributed by atoms with E-state index in [9.17, 15) is 0 Å². The SMILES string of the molecule is C=Cc1cccc(-c2ccc(-c3c(C=C)c(C=C)c(-c4ccccc4)c4ccccc34)cc2-c2ccccc2-c2cccc3ccccc23)c1C=C. The zero-order chi connectivity index (χ0) is 35.6. The molecule has 0 unspecified atom stereocenters. The van der Waals surface area contributed by atoms with E-state index in [0.717, 1.165) is 61.2 Å². The first-order valence-electron chi connectivity index (χ1n) is 17.7. The first-order chi connectivity index (χ1) is 25.7. The van der Waals surface area contributed by atoms with Crippen LogP contribution in [0.15, 0.2) is 184 Å². The zero-order valence-electron chi connectivity index (χ0n) is 29.1. The maximum Gasteiger partial charge on any atom is -0.00264 e. The van der Waals surface area contributed by atoms with Crippen LogP contribution in [-0.4, -0.2) is 0 Å². The molecule has 0 spiro atoms. The minimum atomic E-state index is 1.05. The highest BCUT2D eigenvalue weighted by Gasteiger charge is 2.22. The van der Waals surface area contributed by atoms with Gasteiger partial charge in [0, 0.05) is 0 Å². The molecule has 52 heavy (non-hydrogen) atoms. The average Bonchev–Trinajstić information content (AvgIpc) is 3.22. The Morgan fingerprint density at radius 3 is 1.48 bits per heavy atom. The molecule has 0 aliphatic rings. The summed E-state index contributed by atoms with van der Waals surface area (Å²) in [5, 5.41) is 4.79. The van der Waals surface area contributed by atoms with Crippen LogP contribution >= 0.6 is 0 Å². The second kappa shape index (κ2) is 13.9. The number of hydrogen-bond donors (Lipinski definition) is 0. The summed E-state index contributed by atoms with van der Waals surface area (Å²) < 4.78 is 0. The monoisotopic (exact) mass is 662 g/mol. The van der Waals surface area contributed by atoms with Crippen LogP contribution in [-0.2, 0) is 0 Å². The fraction of sp³-hybridized carbons (Fsp3) is 0. The molecule has 0 N–H and O–H groups in total. The van der Waals surface area contributed by atoms with E-state index in [-0.39, 0.29) is 0 Å². The Kier molecular flexibility index (Phi) is 8.65. The molecule has 0 saturated heterocycles. The highest BCUT2D eigenvalue weighted by atomic mass is 14.2. The van der Waals surface area contributed by atoms with Crippen molar-refractivity contribution in [3.05, 3.63) is 206 Å². The Morgan fingerprint density at radius 2 is 0.808 bits per heavy atom. The molecule has 0 saturated carbocycles. The minimum Gasteiger partial charge on any atom is -0.0984 e. The van der Waals surface area contributed by atoms with E-state index in [4.69, 9.17) is 0 Å². The predicted molar refractivity (Wildman–Crippen MR) is 229 cm³/mol. The second-order valence-electron chi connectivity index (χ2n) is 12.9. The zero-order valence-corrected chi connectivity index (χ0v) is 29.1. The largest absolute Gasteiger partial charge is 0.0984 e. The number of fused-ring (bicyclic) bond motifs is 2. The van der Waals surface area contributed by atoms with Crippen molar-refractivity contribution in [1.29, 1.82) is 0 Å². The molecule has 0 heterocycles. The molecule has 0 atom stereocenters. The molecular weight excluding hydrogens is 625 g/mol. The molecule has 8 aromatic rings. The normalized spacial score (nSPS) is 11.0. The van der Waals surface area contributed by atoms with E-state index in [1.807, 2.05) is 24.3 Å². The van der Waals surface area contributed by atoms with Gasteiger partial charge in [0.05, 0.1) is 0 Å². The van der Waals surface area contributed by atoms with Crippen LogP contribution in [0.4, 0.5) is 0 Å². The van der Waals surface area contributed by atoms with Gasteiger partial charge in [0.25, 0.3) is 0 Å². The van der Waals surface area contributed by atoms with Crippen LogP contribution in [0.25, 0.3) is 101 Å². The van der Waals surface area contributed by atoms with Gasteiger partial charge < -0.3 is 0 Å². The van der Waals surface area contributed by atoms with Crippen LogP contribution < -0.4 is 0 Å². The second-order valence-corrected chi connectivity index (χ2v) is 12.9. The van der Waals surface area contributed by atoms with Gasteiger partial charge in [0.15, 0.2) is 0 Å². The summed E-state index contributed by atoms with van der Waals surface area (Å²) in [4.78, 5) is 0. The van der Waals surface area contributed by atoms with Gasteiger partial charge in [0.2, 0.25) is 0 Å². The van der Waals surface area contributed by atoms with Gasteiger partial charge in [-0.05, 0) is 105 Å². The Labute approximate surface area is 306 Å². The van der Waals surface area contributed by atoms with E-state index in [1.165, 1.54) is 38.2 Å². The van der Waals surface area contributed by atoms with E-state index >= 15 is 0 Å². The van der Waals surface area contributed by atoms with Crippen LogP contribution in [0.1, 0.15) is 22.3 Å². The van der Waals surface area contributed by atoms with E-state index in [0.29, 0.717) is 0 Å². The van der Waals surface area contributed by atoms with Crippen molar-refractivity contribution in [1.82, 2.24) is 0 Å². The Bertz CT molecular complexity index is 2680. The molecule has 0 aromatic heterocycles. The summed E-state index contributed by atoms with van der Waals surface area (Å²) in [6, 6.07) is 56.6. The molecule has 8 rings (SSSR count).